The molecule has 2 aliphatic heterocycles. The Morgan fingerprint density at radius 3 is 2.52 bits per heavy atom. The van der Waals surface area contributed by atoms with Gasteiger partial charge in [0.15, 0.2) is 6.10 Å². The van der Waals surface area contributed by atoms with Gasteiger partial charge in [-0.05, 0) is 43.4 Å². The number of aliphatic hydroxyl groups excluding tert-OH is 2. The highest BCUT2D eigenvalue weighted by molar-refractivity contribution is 7.99. The van der Waals surface area contributed by atoms with Crippen molar-refractivity contribution in [3.8, 4) is 0 Å². The molecule has 2 aromatic carbocycles. The molecule has 0 aromatic heterocycles. The van der Waals surface area contributed by atoms with Gasteiger partial charge < -0.3 is 30.2 Å². The number of carbonyl (C=O) groups excluding carboxylic acids is 3. The maximum atomic E-state index is 13.8. The molecule has 4 rings (SSSR count). The van der Waals surface area contributed by atoms with E-state index < -0.39 is 36.2 Å². The van der Waals surface area contributed by atoms with Gasteiger partial charge in [-0.15, -0.1) is 18.3 Å². The summed E-state index contributed by atoms with van der Waals surface area (Å²) >= 11 is 1.43. The molecule has 2 fully saturated rings. The minimum Gasteiger partial charge on any atom is -0.391 e. The molecular formula is C30H38N4O5S. The maximum Gasteiger partial charge on any atom is 0.317 e. The van der Waals surface area contributed by atoms with Gasteiger partial charge in [0.25, 0.3) is 11.8 Å². The Morgan fingerprint density at radius 1 is 1.18 bits per heavy atom. The molecule has 2 aromatic rings. The third kappa shape index (κ3) is 6.86. The molecule has 10 heteroatoms. The summed E-state index contributed by atoms with van der Waals surface area (Å²) in [7, 11) is 0. The van der Waals surface area contributed by atoms with Crippen LogP contribution in [0.3, 0.4) is 0 Å². The number of β-amino-alcohol motifs (C(OH)–C–C–N with tert-alkyl or cyclic N) is 1. The average molecular weight is 567 g/mol. The first-order chi connectivity index (χ1) is 19.2. The number of nitrogens with one attached hydrogen (secondary N) is 1. The van der Waals surface area contributed by atoms with Crippen molar-refractivity contribution < 1.29 is 24.6 Å². The molecule has 0 saturated carbocycles. The van der Waals surface area contributed by atoms with Gasteiger partial charge in [0, 0.05) is 19.6 Å². The zero-order chi connectivity index (χ0) is 28.8. The van der Waals surface area contributed by atoms with Crippen molar-refractivity contribution in [2.75, 3.05) is 19.0 Å². The van der Waals surface area contributed by atoms with Crippen molar-refractivity contribution in [3.63, 3.8) is 0 Å². The molecular weight excluding hydrogens is 528 g/mol. The van der Waals surface area contributed by atoms with Crippen LogP contribution >= 0.6 is 11.8 Å². The summed E-state index contributed by atoms with van der Waals surface area (Å²) < 4.78 is 0. The fourth-order valence-corrected chi connectivity index (χ4v) is 6.10. The molecule has 0 aliphatic carbocycles. The van der Waals surface area contributed by atoms with Crippen molar-refractivity contribution in [2.24, 2.45) is 0 Å². The van der Waals surface area contributed by atoms with Crippen LogP contribution < -0.4 is 5.32 Å². The Bertz CT molecular complexity index is 1210. The topological polar surface area (TPSA) is 113 Å². The Labute approximate surface area is 239 Å². The predicted octanol–water partition coefficient (Wildman–Crippen LogP) is 2.51. The quantitative estimate of drug-likeness (QED) is 0.424. The molecule has 0 spiro atoms. The number of aliphatic hydroxyl groups is 2. The summed E-state index contributed by atoms with van der Waals surface area (Å²) in [4.78, 5) is 45.1. The molecule has 2 aliphatic rings. The van der Waals surface area contributed by atoms with E-state index in [1.807, 2.05) is 68.4 Å². The van der Waals surface area contributed by atoms with E-state index in [4.69, 9.17) is 0 Å². The highest BCUT2D eigenvalue weighted by atomic mass is 32.2. The number of hydrogen-bond donors (Lipinski definition) is 3. The van der Waals surface area contributed by atoms with Gasteiger partial charge in [0.1, 0.15) is 6.04 Å². The lowest BCUT2D eigenvalue weighted by atomic mass is 9.99. The van der Waals surface area contributed by atoms with Crippen molar-refractivity contribution in [3.05, 3.63) is 83.9 Å². The van der Waals surface area contributed by atoms with Gasteiger partial charge in [0.2, 0.25) is 0 Å². The average Bonchev–Trinajstić information content (AvgIpc) is 3.35. The predicted molar refractivity (Wildman–Crippen MR) is 155 cm³/mol. The first kappa shape index (κ1) is 29.6. The summed E-state index contributed by atoms with van der Waals surface area (Å²) in [6.07, 6.45) is -0.0795. The molecule has 0 radical (unpaired) electrons. The Kier molecular flexibility index (Phi) is 9.89. The number of urea groups is 1. The third-order valence-electron chi connectivity index (χ3n) is 7.57. The van der Waals surface area contributed by atoms with E-state index in [0.29, 0.717) is 19.5 Å². The summed E-state index contributed by atoms with van der Waals surface area (Å²) in [5.41, 5.74) is 2.92. The molecule has 1 unspecified atom stereocenters. The first-order valence-electron chi connectivity index (χ1n) is 13.5. The van der Waals surface area contributed by atoms with E-state index in [9.17, 15) is 24.6 Å². The number of likely N-dealkylation sites (tertiary alicyclic amines) is 1. The zero-order valence-electron chi connectivity index (χ0n) is 23.0. The van der Waals surface area contributed by atoms with E-state index in [1.54, 1.807) is 4.90 Å². The standard InChI is InChI=1S/C30H38N4O5S/c1-4-26-28(37)33(17-23-13-9-8-10-20(23)2)21(3)40-19-34(26)29(38)27(36)25(16-22-11-6-5-7-12-22)31-30(39)32-15-14-24(35)18-32/h4-13,21,24-27,35-36H,1,14-19H2,2-3H3,(H,31,39)/t21?,24-,25+,26+,27+/m1/s1. The smallest absolute Gasteiger partial charge is 0.317 e. The first-order valence-corrected chi connectivity index (χ1v) is 14.6. The molecule has 5 atom stereocenters. The zero-order valence-corrected chi connectivity index (χ0v) is 23.8. The van der Waals surface area contributed by atoms with Crippen molar-refractivity contribution in [1.29, 1.82) is 0 Å². The molecule has 2 saturated heterocycles. The van der Waals surface area contributed by atoms with E-state index in [1.165, 1.54) is 27.6 Å². The van der Waals surface area contributed by atoms with E-state index in [0.717, 1.165) is 16.7 Å². The largest absolute Gasteiger partial charge is 0.391 e. The fourth-order valence-electron chi connectivity index (χ4n) is 5.07. The second kappa shape index (κ2) is 13.3. The number of aryl methyl sites for hydroxylation is 1. The maximum absolute atomic E-state index is 13.8. The van der Waals surface area contributed by atoms with Gasteiger partial charge in [-0.3, -0.25) is 9.59 Å². The lowest BCUT2D eigenvalue weighted by Gasteiger charge is -2.33. The van der Waals surface area contributed by atoms with Crippen LogP contribution in [0.4, 0.5) is 4.79 Å². The van der Waals surface area contributed by atoms with Crippen LogP contribution in [0.2, 0.25) is 0 Å². The Morgan fingerprint density at radius 2 is 1.88 bits per heavy atom. The van der Waals surface area contributed by atoms with E-state index in [-0.39, 0.29) is 30.1 Å². The number of carbonyl (C=O) groups is 3. The van der Waals surface area contributed by atoms with Gasteiger partial charge in [-0.1, -0.05) is 60.7 Å². The third-order valence-corrected chi connectivity index (χ3v) is 8.73. The number of benzene rings is 2. The van der Waals surface area contributed by atoms with E-state index in [2.05, 4.69) is 11.9 Å². The Hall–Kier alpha value is -3.34. The van der Waals surface area contributed by atoms with Crippen molar-refractivity contribution >= 4 is 29.6 Å². The van der Waals surface area contributed by atoms with Crippen LogP contribution in [-0.2, 0) is 22.6 Å². The molecule has 2 heterocycles. The summed E-state index contributed by atoms with van der Waals surface area (Å²) in [6.45, 7) is 8.74. The molecule has 9 nitrogen and oxygen atoms in total. The summed E-state index contributed by atoms with van der Waals surface area (Å²) in [6, 6.07) is 14.8. The Balaban J connectivity index is 1.55. The number of hydrogen-bond acceptors (Lipinski definition) is 6. The number of nitrogens with zero attached hydrogens (tertiary/aromatic N) is 3. The normalized spacial score (nSPS) is 22.9. The van der Waals surface area contributed by atoms with Crippen LogP contribution in [0.5, 0.6) is 0 Å². The molecule has 0 bridgehead atoms. The van der Waals surface area contributed by atoms with Gasteiger partial charge in [0.05, 0.1) is 23.4 Å². The summed E-state index contributed by atoms with van der Waals surface area (Å²) in [5, 5.41) is 23.8. The minimum atomic E-state index is -1.61. The van der Waals surface area contributed by atoms with Gasteiger partial charge in [-0.2, -0.15) is 0 Å². The highest BCUT2D eigenvalue weighted by Crippen LogP contribution is 2.28. The lowest BCUT2D eigenvalue weighted by molar-refractivity contribution is -0.148. The lowest BCUT2D eigenvalue weighted by Crippen LogP contribution is -2.57. The number of rotatable bonds is 8. The van der Waals surface area contributed by atoms with E-state index >= 15 is 0 Å². The second-order valence-electron chi connectivity index (χ2n) is 10.4. The van der Waals surface area contributed by atoms with Crippen molar-refractivity contribution in [1.82, 2.24) is 20.0 Å². The van der Waals surface area contributed by atoms with Crippen LogP contribution in [0.1, 0.15) is 30.0 Å². The minimum absolute atomic E-state index is 0.175. The van der Waals surface area contributed by atoms with Crippen LogP contribution in [0, 0.1) is 6.92 Å². The molecule has 4 amide bonds. The van der Waals surface area contributed by atoms with Crippen LogP contribution in [0.25, 0.3) is 0 Å². The SMILES string of the molecule is C=C[C@H]1C(=O)N(Cc2ccccc2C)C(C)SCN1C(=O)[C@@H](O)[C@H](Cc1ccccc1)NC(=O)N1CC[C@@H](O)C1. The number of amides is 4. The van der Waals surface area contributed by atoms with Gasteiger partial charge in [-0.25, -0.2) is 4.79 Å². The highest BCUT2D eigenvalue weighted by Gasteiger charge is 2.41. The monoisotopic (exact) mass is 566 g/mol. The molecule has 214 valence electrons. The number of thioether (sulfide) groups is 1. The second-order valence-corrected chi connectivity index (χ2v) is 11.6. The van der Waals surface area contributed by atoms with Crippen LogP contribution in [0.15, 0.2) is 67.3 Å². The summed E-state index contributed by atoms with van der Waals surface area (Å²) in [5.74, 6) is -0.752. The molecule has 40 heavy (non-hydrogen) atoms. The van der Waals surface area contributed by atoms with Crippen molar-refractivity contribution in [2.45, 2.75) is 62.9 Å². The molecule has 3 N–H and O–H groups in total. The fraction of sp³-hybridized carbons (Fsp3) is 0.433. The van der Waals surface area contributed by atoms with Gasteiger partial charge >= 0.3 is 6.03 Å². The van der Waals surface area contributed by atoms with Crippen LogP contribution in [-0.4, -0.2) is 91.4 Å².